The van der Waals surface area contributed by atoms with Crippen LogP contribution in [0.15, 0.2) is 49.6 Å². The molecule has 1 spiro atoms. The Morgan fingerprint density at radius 1 is 1.15 bits per heavy atom. The molecule has 41 heavy (non-hydrogen) atoms. The quantitative estimate of drug-likeness (QED) is 0.270. The highest BCUT2D eigenvalue weighted by Gasteiger charge is 2.73. The van der Waals surface area contributed by atoms with Gasteiger partial charge < -0.3 is 19.8 Å². The summed E-state index contributed by atoms with van der Waals surface area (Å²) in [6.45, 7) is 9.13. The number of hydrogen-bond acceptors (Lipinski definition) is 7. The molecule has 1 aromatic heterocycles. The number of thioether (sulfide) groups is 1. The molecule has 3 aliphatic rings. The number of rotatable bonds is 14. The van der Waals surface area contributed by atoms with Gasteiger partial charge in [0.25, 0.3) is 0 Å². The standard InChI is InChI=1S/C30H40N6O4S/c1-4-16-33(3)27(38)24-23-14-15-30(41-23)25(24)28(39)35(18-10-6-7-11-19-37)26(30)29(40)34(17-5-2)20-36-22-13-9-8-12-21(22)31-32-36/h4-5,8-9,12-13,23-26,37H,1-2,6-7,10-11,14-20H2,3H3/t23-,24+,25-,26?,30?/m0/s1. The Labute approximate surface area is 245 Å². The smallest absolute Gasteiger partial charge is 0.248 e. The van der Waals surface area contributed by atoms with Gasteiger partial charge in [0, 0.05) is 38.5 Å². The highest BCUT2D eigenvalue weighted by molar-refractivity contribution is 8.02. The van der Waals surface area contributed by atoms with Gasteiger partial charge in [-0.1, -0.05) is 42.3 Å². The number of aromatic nitrogens is 3. The summed E-state index contributed by atoms with van der Waals surface area (Å²) >= 11 is 1.68. The van der Waals surface area contributed by atoms with Crippen LogP contribution in [0, 0.1) is 11.8 Å². The maximum Gasteiger partial charge on any atom is 0.248 e. The summed E-state index contributed by atoms with van der Waals surface area (Å²) in [4.78, 5) is 47.6. The van der Waals surface area contributed by atoms with Crippen molar-refractivity contribution in [3.63, 3.8) is 0 Å². The van der Waals surface area contributed by atoms with E-state index >= 15 is 0 Å². The van der Waals surface area contributed by atoms with Gasteiger partial charge >= 0.3 is 0 Å². The molecule has 2 bridgehead atoms. The zero-order valence-electron chi connectivity index (χ0n) is 23.7. The lowest BCUT2D eigenvalue weighted by Gasteiger charge is -2.37. The molecule has 0 saturated carbocycles. The number of likely N-dealkylation sites (N-methyl/N-ethyl adjacent to an activating group) is 1. The van der Waals surface area contributed by atoms with E-state index in [2.05, 4.69) is 23.5 Å². The fourth-order valence-corrected chi connectivity index (χ4v) is 9.18. The fourth-order valence-electron chi connectivity index (χ4n) is 6.97. The van der Waals surface area contributed by atoms with Crippen molar-refractivity contribution in [3.05, 3.63) is 49.6 Å². The van der Waals surface area contributed by atoms with Crippen LogP contribution in [0.5, 0.6) is 0 Å². The minimum atomic E-state index is -0.676. The van der Waals surface area contributed by atoms with Crippen molar-refractivity contribution in [1.29, 1.82) is 0 Å². The second-order valence-corrected chi connectivity index (χ2v) is 12.9. The molecular weight excluding hydrogens is 540 g/mol. The second-order valence-electron chi connectivity index (χ2n) is 11.3. The Hall–Kier alpha value is -3.18. The maximum atomic E-state index is 14.6. The molecule has 4 heterocycles. The van der Waals surface area contributed by atoms with Crippen molar-refractivity contribution in [2.75, 3.05) is 33.3 Å². The molecular formula is C30H40N6O4S. The number of aliphatic hydroxyl groups excluding tert-OH is 1. The molecule has 2 aromatic rings. The van der Waals surface area contributed by atoms with Crippen LogP contribution in [0.2, 0.25) is 0 Å². The van der Waals surface area contributed by atoms with Gasteiger partial charge in [0.05, 0.1) is 22.1 Å². The molecule has 10 nitrogen and oxygen atoms in total. The molecule has 3 aliphatic heterocycles. The average molecular weight is 581 g/mol. The fraction of sp³-hybridized carbons (Fsp3) is 0.567. The SMILES string of the molecule is C=CCN(C)C(=O)[C@@H]1[C@@H]2CCC3(S2)C(C(=O)N(CC=C)Cn2nnc4ccccc42)N(CCCCCCO)C(=O)[C@H]13. The molecule has 2 unspecified atom stereocenters. The predicted octanol–water partition coefficient (Wildman–Crippen LogP) is 2.69. The largest absolute Gasteiger partial charge is 0.396 e. The zero-order chi connectivity index (χ0) is 29.1. The monoisotopic (exact) mass is 580 g/mol. The van der Waals surface area contributed by atoms with E-state index in [9.17, 15) is 19.5 Å². The molecule has 0 aliphatic carbocycles. The predicted molar refractivity (Wildman–Crippen MR) is 159 cm³/mol. The van der Waals surface area contributed by atoms with E-state index in [4.69, 9.17) is 0 Å². The van der Waals surface area contributed by atoms with Crippen LogP contribution in [0.25, 0.3) is 11.0 Å². The number of aliphatic hydroxyl groups is 1. The van der Waals surface area contributed by atoms with Gasteiger partial charge in [-0.05, 0) is 37.8 Å². The first-order valence-electron chi connectivity index (χ1n) is 14.5. The molecule has 5 atom stereocenters. The number of carbonyl (C=O) groups excluding carboxylic acids is 3. The van der Waals surface area contributed by atoms with Gasteiger partial charge in [-0.2, -0.15) is 0 Å². The number of amides is 3. The molecule has 3 amide bonds. The van der Waals surface area contributed by atoms with Gasteiger partial charge in [-0.25, -0.2) is 4.68 Å². The molecule has 5 rings (SSSR count). The summed E-state index contributed by atoms with van der Waals surface area (Å²) in [7, 11) is 1.75. The Kier molecular flexibility index (Phi) is 8.84. The Morgan fingerprint density at radius 3 is 2.66 bits per heavy atom. The number of benzene rings is 1. The van der Waals surface area contributed by atoms with Crippen molar-refractivity contribution < 1.29 is 19.5 Å². The number of unbranched alkanes of at least 4 members (excludes halogenated alkanes) is 3. The number of fused-ring (bicyclic) bond motifs is 2. The van der Waals surface area contributed by atoms with E-state index in [1.807, 2.05) is 24.3 Å². The van der Waals surface area contributed by atoms with Gasteiger partial charge in [0.1, 0.15) is 18.2 Å². The van der Waals surface area contributed by atoms with Crippen LogP contribution in [-0.2, 0) is 21.1 Å². The Morgan fingerprint density at radius 2 is 1.90 bits per heavy atom. The molecule has 3 fully saturated rings. The van der Waals surface area contributed by atoms with Gasteiger partial charge in [-0.3, -0.25) is 14.4 Å². The van der Waals surface area contributed by atoms with Crippen molar-refractivity contribution in [3.8, 4) is 0 Å². The molecule has 0 radical (unpaired) electrons. The normalized spacial score (nSPS) is 26.4. The third kappa shape index (κ3) is 5.18. The second kappa shape index (κ2) is 12.4. The van der Waals surface area contributed by atoms with Crippen molar-refractivity contribution in [2.45, 2.75) is 61.2 Å². The highest BCUT2D eigenvalue weighted by atomic mass is 32.2. The third-order valence-electron chi connectivity index (χ3n) is 8.79. The molecule has 1 N–H and O–H groups in total. The summed E-state index contributed by atoms with van der Waals surface area (Å²) in [6.07, 6.45) is 8.06. The van der Waals surface area contributed by atoms with Crippen molar-refractivity contribution >= 4 is 40.5 Å². The topological polar surface area (TPSA) is 112 Å². The van der Waals surface area contributed by atoms with Crippen molar-refractivity contribution in [1.82, 2.24) is 29.7 Å². The van der Waals surface area contributed by atoms with Gasteiger partial charge in [0.15, 0.2) is 0 Å². The molecule has 1 aromatic carbocycles. The maximum absolute atomic E-state index is 14.6. The van der Waals surface area contributed by atoms with E-state index in [0.717, 1.165) is 43.1 Å². The highest BCUT2D eigenvalue weighted by Crippen LogP contribution is 2.66. The van der Waals surface area contributed by atoms with Gasteiger partial charge in [-0.15, -0.1) is 30.0 Å². The van der Waals surface area contributed by atoms with Crippen LogP contribution < -0.4 is 0 Å². The van der Waals surface area contributed by atoms with Crippen LogP contribution in [0.1, 0.15) is 38.5 Å². The van der Waals surface area contributed by atoms with Crippen LogP contribution in [-0.4, -0.2) is 102 Å². The number of likely N-dealkylation sites (tertiary alicyclic amines) is 1. The van der Waals surface area contributed by atoms with Crippen LogP contribution in [0.4, 0.5) is 0 Å². The van der Waals surface area contributed by atoms with Crippen LogP contribution >= 0.6 is 11.8 Å². The van der Waals surface area contributed by atoms with E-state index in [1.165, 1.54) is 0 Å². The number of hydrogen-bond donors (Lipinski definition) is 1. The Balaban J connectivity index is 1.47. The summed E-state index contributed by atoms with van der Waals surface area (Å²) in [5.41, 5.74) is 1.56. The van der Waals surface area contributed by atoms with E-state index in [1.54, 1.807) is 50.3 Å². The molecule has 11 heteroatoms. The molecule has 220 valence electrons. The first kappa shape index (κ1) is 29.3. The summed E-state index contributed by atoms with van der Waals surface area (Å²) in [6, 6.07) is 6.93. The zero-order valence-corrected chi connectivity index (χ0v) is 24.5. The summed E-state index contributed by atoms with van der Waals surface area (Å²) < 4.78 is 1.06. The Bertz CT molecular complexity index is 1310. The molecule has 3 saturated heterocycles. The van der Waals surface area contributed by atoms with E-state index < -0.39 is 22.6 Å². The minimum absolute atomic E-state index is 0.0119. The van der Waals surface area contributed by atoms with Crippen molar-refractivity contribution in [2.24, 2.45) is 11.8 Å². The number of nitrogens with zero attached hydrogens (tertiary/aromatic N) is 6. The number of carbonyl (C=O) groups is 3. The lowest BCUT2D eigenvalue weighted by atomic mass is 9.70. The lowest BCUT2D eigenvalue weighted by molar-refractivity contribution is -0.144. The lowest BCUT2D eigenvalue weighted by Crippen LogP contribution is -2.55. The number of para-hydroxylation sites is 1. The first-order chi connectivity index (χ1) is 19.9. The summed E-state index contributed by atoms with van der Waals surface area (Å²) in [5, 5.41) is 17.7. The van der Waals surface area contributed by atoms with E-state index in [-0.39, 0.29) is 36.2 Å². The minimum Gasteiger partial charge on any atom is -0.396 e. The first-order valence-corrected chi connectivity index (χ1v) is 15.4. The van der Waals surface area contributed by atoms with E-state index in [0.29, 0.717) is 26.1 Å². The average Bonchev–Trinajstić information content (AvgIpc) is 3.72. The summed E-state index contributed by atoms with van der Waals surface area (Å²) in [5.74, 6) is -1.26. The van der Waals surface area contributed by atoms with Gasteiger partial charge in [0.2, 0.25) is 17.7 Å². The van der Waals surface area contributed by atoms with Crippen LogP contribution in [0.3, 0.4) is 0 Å². The third-order valence-corrected chi connectivity index (χ3v) is 10.7.